The number of hydrogen-bond acceptors (Lipinski definition) is 6. The zero-order valence-electron chi connectivity index (χ0n) is 10.8. The summed E-state index contributed by atoms with van der Waals surface area (Å²) in [6, 6.07) is 1.83. The summed E-state index contributed by atoms with van der Waals surface area (Å²) in [6.07, 6.45) is 3.51. The van der Waals surface area contributed by atoms with Crippen LogP contribution >= 0.6 is 0 Å². The van der Waals surface area contributed by atoms with Crippen LogP contribution in [0.5, 0.6) is 0 Å². The SMILES string of the molecule is Cc1cnc(Nc2ccn[nH]2)nc1N1CCOCC1. The summed E-state index contributed by atoms with van der Waals surface area (Å²) in [5, 5.41) is 9.80. The van der Waals surface area contributed by atoms with Gasteiger partial charge in [-0.1, -0.05) is 0 Å². The van der Waals surface area contributed by atoms with E-state index in [-0.39, 0.29) is 0 Å². The highest BCUT2D eigenvalue weighted by Gasteiger charge is 2.15. The number of hydrogen-bond donors (Lipinski definition) is 2. The average molecular weight is 260 g/mol. The summed E-state index contributed by atoms with van der Waals surface area (Å²) in [5.41, 5.74) is 1.07. The number of aromatic nitrogens is 4. The van der Waals surface area contributed by atoms with Gasteiger partial charge in [-0.3, -0.25) is 5.10 Å². The number of anilines is 3. The molecule has 1 aliphatic rings. The third kappa shape index (κ3) is 2.65. The normalized spacial score (nSPS) is 15.5. The fourth-order valence-corrected chi connectivity index (χ4v) is 2.03. The predicted molar refractivity (Wildman–Crippen MR) is 71.7 cm³/mol. The van der Waals surface area contributed by atoms with E-state index >= 15 is 0 Å². The first kappa shape index (κ1) is 11.9. The van der Waals surface area contributed by atoms with Gasteiger partial charge >= 0.3 is 0 Å². The molecule has 0 bridgehead atoms. The standard InChI is InChI=1S/C12H16N6O/c1-9-8-13-12(15-10-2-3-14-17-10)16-11(9)18-4-6-19-7-5-18/h2-3,8H,4-7H2,1H3,(H2,13,14,15,16,17). The van der Waals surface area contributed by atoms with Crippen molar-refractivity contribution in [2.45, 2.75) is 6.92 Å². The van der Waals surface area contributed by atoms with E-state index in [9.17, 15) is 0 Å². The van der Waals surface area contributed by atoms with Gasteiger partial charge in [0.15, 0.2) is 0 Å². The van der Waals surface area contributed by atoms with Crippen LogP contribution in [0.15, 0.2) is 18.5 Å². The quantitative estimate of drug-likeness (QED) is 0.860. The lowest BCUT2D eigenvalue weighted by atomic mass is 10.3. The lowest BCUT2D eigenvalue weighted by Crippen LogP contribution is -2.37. The number of rotatable bonds is 3. The van der Waals surface area contributed by atoms with Gasteiger partial charge in [0, 0.05) is 30.9 Å². The van der Waals surface area contributed by atoms with Crippen molar-refractivity contribution in [2.24, 2.45) is 0 Å². The first-order chi connectivity index (χ1) is 9.33. The van der Waals surface area contributed by atoms with Crippen LogP contribution in [0.1, 0.15) is 5.56 Å². The highest BCUT2D eigenvalue weighted by Crippen LogP contribution is 2.20. The molecule has 0 aromatic carbocycles. The van der Waals surface area contributed by atoms with E-state index in [1.807, 2.05) is 19.2 Å². The number of nitrogens with zero attached hydrogens (tertiary/aromatic N) is 4. The van der Waals surface area contributed by atoms with Gasteiger partial charge in [-0.15, -0.1) is 0 Å². The number of nitrogens with one attached hydrogen (secondary N) is 2. The molecule has 100 valence electrons. The van der Waals surface area contributed by atoms with Crippen molar-refractivity contribution in [1.29, 1.82) is 0 Å². The second-order valence-corrected chi connectivity index (χ2v) is 4.39. The highest BCUT2D eigenvalue weighted by molar-refractivity contribution is 5.53. The van der Waals surface area contributed by atoms with Crippen LogP contribution in [-0.4, -0.2) is 46.5 Å². The number of aromatic amines is 1. The molecule has 0 unspecified atom stereocenters. The molecule has 0 amide bonds. The number of H-pyrrole nitrogens is 1. The molecule has 1 fully saturated rings. The van der Waals surface area contributed by atoms with Gasteiger partial charge in [0.1, 0.15) is 11.6 Å². The topological polar surface area (TPSA) is 79.0 Å². The maximum absolute atomic E-state index is 5.36. The van der Waals surface area contributed by atoms with Crippen LogP contribution in [0.3, 0.4) is 0 Å². The number of morpholine rings is 1. The maximum atomic E-state index is 5.36. The summed E-state index contributed by atoms with van der Waals surface area (Å²) in [6.45, 7) is 5.23. The molecule has 0 spiro atoms. The predicted octanol–water partition coefficient (Wildman–Crippen LogP) is 1.09. The molecule has 7 heteroatoms. The molecule has 2 N–H and O–H groups in total. The maximum Gasteiger partial charge on any atom is 0.230 e. The van der Waals surface area contributed by atoms with Gasteiger partial charge in [-0.25, -0.2) is 4.98 Å². The van der Waals surface area contributed by atoms with Crippen molar-refractivity contribution in [3.63, 3.8) is 0 Å². The fraction of sp³-hybridized carbons (Fsp3) is 0.417. The molecule has 19 heavy (non-hydrogen) atoms. The Morgan fingerprint density at radius 1 is 1.37 bits per heavy atom. The molecule has 2 aromatic heterocycles. The monoisotopic (exact) mass is 260 g/mol. The number of ether oxygens (including phenoxy) is 1. The van der Waals surface area contributed by atoms with Crippen LogP contribution in [0.25, 0.3) is 0 Å². The van der Waals surface area contributed by atoms with Gasteiger partial charge < -0.3 is 15.0 Å². The Morgan fingerprint density at radius 3 is 2.95 bits per heavy atom. The van der Waals surface area contributed by atoms with Crippen LogP contribution in [-0.2, 0) is 4.74 Å². The van der Waals surface area contributed by atoms with E-state index in [4.69, 9.17) is 4.74 Å². The number of aryl methyl sites for hydroxylation is 1. The van der Waals surface area contributed by atoms with Gasteiger partial charge in [0.25, 0.3) is 0 Å². The fourth-order valence-electron chi connectivity index (χ4n) is 2.03. The second kappa shape index (κ2) is 5.23. The largest absolute Gasteiger partial charge is 0.378 e. The lowest BCUT2D eigenvalue weighted by molar-refractivity contribution is 0.122. The van der Waals surface area contributed by atoms with Crippen molar-refractivity contribution >= 4 is 17.6 Å². The smallest absolute Gasteiger partial charge is 0.230 e. The van der Waals surface area contributed by atoms with Crippen molar-refractivity contribution in [2.75, 3.05) is 36.5 Å². The minimum atomic E-state index is 0.566. The first-order valence-corrected chi connectivity index (χ1v) is 6.25. The Labute approximate surface area is 111 Å². The van der Waals surface area contributed by atoms with Crippen molar-refractivity contribution in [1.82, 2.24) is 20.2 Å². The third-order valence-corrected chi connectivity index (χ3v) is 3.00. The zero-order valence-corrected chi connectivity index (χ0v) is 10.8. The Bertz CT molecular complexity index is 535. The molecule has 1 saturated heterocycles. The summed E-state index contributed by atoms with van der Waals surface area (Å²) < 4.78 is 5.36. The molecule has 7 nitrogen and oxygen atoms in total. The van der Waals surface area contributed by atoms with Gasteiger partial charge in [-0.2, -0.15) is 10.1 Å². The summed E-state index contributed by atoms with van der Waals surface area (Å²) >= 11 is 0. The van der Waals surface area contributed by atoms with E-state index < -0.39 is 0 Å². The Morgan fingerprint density at radius 2 is 2.21 bits per heavy atom. The summed E-state index contributed by atoms with van der Waals surface area (Å²) in [4.78, 5) is 11.1. The third-order valence-electron chi connectivity index (χ3n) is 3.00. The minimum Gasteiger partial charge on any atom is -0.378 e. The Hall–Kier alpha value is -2.15. The molecule has 0 radical (unpaired) electrons. The van der Waals surface area contributed by atoms with Crippen LogP contribution < -0.4 is 10.2 Å². The van der Waals surface area contributed by atoms with E-state index in [0.717, 1.165) is 43.5 Å². The molecule has 3 rings (SSSR count). The van der Waals surface area contributed by atoms with Gasteiger partial charge in [0.2, 0.25) is 5.95 Å². The van der Waals surface area contributed by atoms with Crippen molar-refractivity contribution in [3.05, 3.63) is 24.0 Å². The zero-order chi connectivity index (χ0) is 13.1. The van der Waals surface area contributed by atoms with Gasteiger partial charge in [0.05, 0.1) is 19.4 Å². The molecule has 0 aliphatic carbocycles. The van der Waals surface area contributed by atoms with Crippen molar-refractivity contribution < 1.29 is 4.74 Å². The van der Waals surface area contributed by atoms with E-state index in [0.29, 0.717) is 5.95 Å². The molecule has 0 atom stereocenters. The molecular formula is C12H16N6O. The van der Waals surface area contributed by atoms with Crippen LogP contribution in [0.4, 0.5) is 17.6 Å². The molecule has 0 saturated carbocycles. The lowest BCUT2D eigenvalue weighted by Gasteiger charge is -2.29. The molecular weight excluding hydrogens is 244 g/mol. The summed E-state index contributed by atoms with van der Waals surface area (Å²) in [5.74, 6) is 2.30. The first-order valence-electron chi connectivity index (χ1n) is 6.25. The Kier molecular flexibility index (Phi) is 3.28. The molecule has 2 aromatic rings. The average Bonchev–Trinajstić information content (AvgIpc) is 2.95. The van der Waals surface area contributed by atoms with E-state index in [2.05, 4.69) is 30.4 Å². The van der Waals surface area contributed by atoms with E-state index in [1.54, 1.807) is 6.20 Å². The molecule has 1 aliphatic heterocycles. The summed E-state index contributed by atoms with van der Waals surface area (Å²) in [7, 11) is 0. The van der Waals surface area contributed by atoms with E-state index in [1.165, 1.54) is 0 Å². The van der Waals surface area contributed by atoms with Crippen molar-refractivity contribution in [3.8, 4) is 0 Å². The van der Waals surface area contributed by atoms with Crippen LogP contribution in [0, 0.1) is 6.92 Å². The molecule has 3 heterocycles. The van der Waals surface area contributed by atoms with Gasteiger partial charge in [-0.05, 0) is 6.92 Å². The minimum absolute atomic E-state index is 0.566. The van der Waals surface area contributed by atoms with Crippen LogP contribution in [0.2, 0.25) is 0 Å². The second-order valence-electron chi connectivity index (χ2n) is 4.39. The Balaban J connectivity index is 1.83. The highest BCUT2D eigenvalue weighted by atomic mass is 16.5.